The van der Waals surface area contributed by atoms with Crippen LogP contribution in [0.3, 0.4) is 0 Å². The highest BCUT2D eigenvalue weighted by molar-refractivity contribution is 8.20. The molecule has 3 N–H and O–H groups in total. The molecule has 4 aromatic rings. The SMILES string of the molecule is [2H]B(P)S.[2H]B(P)S.[3H]OC[C@H]1c2c(c(OCC=C)c(C)c3c2OCO3)CC2[C@H]3c4c(cc(C)c(C)c4O)C[C@@H]([C@H](C#N)N21)N3C.[3H]OC[C@H]1c2c(c(OCC=C)c(C)c3c2OCO3)CC2[C@H]3c4c(cc(C)c(C)c4OCOC)C[C@@H]([C@H](C#N)N21)N3C. The van der Waals surface area contributed by atoms with Crippen LogP contribution >= 0.6 is 43.2 Å². The predicted octanol–water partition coefficient (Wildman–Crippen LogP) is 7.14. The van der Waals surface area contributed by atoms with Gasteiger partial charge in [0.05, 0.1) is 49.5 Å². The number of aliphatic hydroxyl groups excluding tert-OH is 2. The van der Waals surface area contributed by atoms with Gasteiger partial charge in [0.2, 0.25) is 28.9 Å². The van der Waals surface area contributed by atoms with Gasteiger partial charge in [-0.15, -0.1) is 0 Å². The molecule has 8 heterocycles. The van der Waals surface area contributed by atoms with Crippen LogP contribution in [0.1, 0.15) is 102 Å². The molecule has 23 heteroatoms. The summed E-state index contributed by atoms with van der Waals surface area (Å²) in [6.07, 6.45) is 5.35. The van der Waals surface area contributed by atoms with E-state index in [1.807, 2.05) is 27.7 Å². The molecule has 8 aliphatic rings. The average Bonchev–Trinajstić information content (AvgIpc) is 1.27. The Morgan fingerprint density at radius 1 is 0.675 bits per heavy atom. The van der Waals surface area contributed by atoms with Crippen LogP contribution in [0, 0.1) is 64.2 Å². The van der Waals surface area contributed by atoms with Gasteiger partial charge in [-0.1, -0.05) is 37.4 Å². The Morgan fingerprint density at radius 3 is 1.52 bits per heavy atom. The van der Waals surface area contributed by atoms with Crippen molar-refractivity contribution >= 4 is 55.7 Å². The van der Waals surface area contributed by atoms with Crippen LogP contribution in [0.25, 0.3) is 0 Å². The van der Waals surface area contributed by atoms with Crippen molar-refractivity contribution in [3.05, 3.63) is 115 Å². The molecule has 12 atom stereocenters. The lowest BCUT2D eigenvalue weighted by Crippen LogP contribution is -2.68. The number of thiol groups is 2. The smallest absolute Gasteiger partial charge is 0.231 e. The van der Waals surface area contributed by atoms with Gasteiger partial charge >= 0.3 is 0 Å². The van der Waals surface area contributed by atoms with Crippen molar-refractivity contribution in [3.8, 4) is 58.1 Å². The average molecular weight is 1210 g/mol. The van der Waals surface area contributed by atoms with Crippen LogP contribution in [0.15, 0.2) is 37.4 Å². The van der Waals surface area contributed by atoms with E-state index in [1.165, 1.54) is 5.56 Å². The van der Waals surface area contributed by atoms with Gasteiger partial charge in [-0.05, 0) is 117 Å². The molecular weight excluding hydrogens is 1130 g/mol. The first-order valence-electron chi connectivity index (χ1n) is 29.7. The number of hydrogen-bond acceptors (Lipinski definition) is 19. The van der Waals surface area contributed by atoms with E-state index < -0.39 is 24.2 Å². The number of nitriles is 2. The Morgan fingerprint density at radius 2 is 1.10 bits per heavy atom. The number of fused-ring (bicyclic) bond motifs is 18. The number of aryl methyl sites for hydroxylation is 2. The second-order valence-corrected chi connectivity index (χ2v) is 24.4. The third kappa shape index (κ3) is 10.6. The topological polar surface area (TPSA) is 195 Å². The molecule has 0 spiro atoms. The zero-order chi connectivity index (χ0) is 63.0. The molecule has 8 aliphatic heterocycles. The van der Waals surface area contributed by atoms with Crippen molar-refractivity contribution in [1.82, 2.24) is 19.6 Å². The number of piperazine rings is 2. The zero-order valence-electron chi connectivity index (χ0n) is 52.7. The lowest BCUT2D eigenvalue weighted by Gasteiger charge is -2.60. The lowest BCUT2D eigenvalue weighted by atomic mass is 9.71. The Kier molecular flexibility index (Phi) is 18.2. The zero-order valence-corrected chi connectivity index (χ0v) is 52.8. The monoisotopic (exact) mass is 1210 g/mol. The Balaban J connectivity index is 0.000000185. The molecule has 4 unspecified atom stereocenters. The number of ether oxygens (including phenoxy) is 8. The van der Waals surface area contributed by atoms with Crippen LogP contribution in [0.5, 0.6) is 46.0 Å². The minimum atomic E-state index is -0.455. The third-order valence-corrected chi connectivity index (χ3v) is 18.2. The van der Waals surface area contributed by atoms with E-state index in [0.29, 0.717) is 67.6 Å². The van der Waals surface area contributed by atoms with E-state index in [9.17, 15) is 15.6 Å². The van der Waals surface area contributed by atoms with Crippen LogP contribution in [0.2, 0.25) is 0 Å². The highest BCUT2D eigenvalue weighted by Crippen LogP contribution is 2.60. The summed E-state index contributed by atoms with van der Waals surface area (Å²) >= 11 is 7.19. The van der Waals surface area contributed by atoms with Crippen molar-refractivity contribution in [1.29, 1.82) is 16.1 Å². The normalized spacial score (nSPS) is 26.0. The standard InChI is InChI=1S/C31H37N3O6.C29H33N3O5.2BH4PS/c1-7-8-37-28-18(4)30-31(40-15-39-30)26-20(28)11-22-27-25-19(9-16(2)17(3)29(25)38-14-36-6)10-21(33(27)5)23(12-32)34(22)24(26)13-35;1-6-7-35-27-16(4)28-29(37-13-36-28)24-18(27)10-20-25-23-17(8-14(2)15(3)26(23)34)9-19(31(25)5)21(11-30)32(20)22(24)12-33;2*2-1-3/h7,9,21-24,27,35H,1,8,10-11,13-15H2,2-6H3;6,8,19-22,25,33-34H,1,7,9-10,12-13H2,2-5H3;2*1,3H,2H2/t21-,22?,23-,24-,27-;19-,20?,21-,22-,25-;;/m00../s1/i35T;33T;2*1D. The van der Waals surface area contributed by atoms with E-state index in [2.05, 4.69) is 128 Å². The minimum Gasteiger partial charge on any atom is -0.507 e. The first-order chi connectivity index (χ1) is 41.7. The molecule has 442 valence electrons. The van der Waals surface area contributed by atoms with Gasteiger partial charge in [0, 0.05) is 75.8 Å². The van der Waals surface area contributed by atoms with Crippen molar-refractivity contribution in [2.75, 3.05) is 68.0 Å². The largest absolute Gasteiger partial charge is 0.507 e. The third-order valence-electron chi connectivity index (χ3n) is 18.2. The summed E-state index contributed by atoms with van der Waals surface area (Å²) in [6.45, 7) is 20.9. The number of aliphatic hydroxyl groups is 2. The number of hydrogen-bond donors (Lipinski definition) is 5. The molecule has 2 saturated heterocycles. The summed E-state index contributed by atoms with van der Waals surface area (Å²) < 4.78 is 76.4. The van der Waals surface area contributed by atoms with Crippen molar-refractivity contribution in [3.63, 3.8) is 0 Å². The van der Waals surface area contributed by atoms with Crippen molar-refractivity contribution in [2.45, 2.75) is 128 Å². The molecule has 4 aromatic carbocycles. The van der Waals surface area contributed by atoms with E-state index in [1.54, 1.807) is 19.3 Å². The van der Waals surface area contributed by atoms with E-state index in [4.69, 9.17) is 53.6 Å². The fraction of sp³-hybridized carbons (Fsp3) is 0.500. The molecule has 0 aromatic heterocycles. The molecule has 4 bridgehead atoms. The molecular formula is C60H78B2N6O11P2S2. The predicted molar refractivity (Wildman–Crippen MR) is 337 cm³/mol. The van der Waals surface area contributed by atoms with Gasteiger partial charge in [0.25, 0.3) is 0 Å². The van der Waals surface area contributed by atoms with Gasteiger partial charge in [-0.25, -0.2) is 25.0 Å². The summed E-state index contributed by atoms with van der Waals surface area (Å²) in [5.74, 6) is 5.20. The quantitative estimate of drug-likeness (QED) is 0.0298. The molecule has 12 rings (SSSR count). The second kappa shape index (κ2) is 26.4. The molecule has 0 saturated carbocycles. The maximum Gasteiger partial charge on any atom is 0.231 e. The van der Waals surface area contributed by atoms with E-state index in [-0.39, 0.29) is 82.3 Å². The lowest BCUT2D eigenvalue weighted by molar-refractivity contribution is -0.0831. The maximum atomic E-state index is 11.4. The number of nitrogens with zero attached hydrogens (tertiary/aromatic N) is 6. The Hall–Kier alpha value is -4.85. The highest BCUT2D eigenvalue weighted by Gasteiger charge is 2.59. The molecule has 0 radical (unpaired) electrons. The number of benzene rings is 4. The Bertz CT molecular complexity index is 3360. The molecule has 2 fully saturated rings. The number of phenols is 1. The number of phenolic OH excluding ortho intramolecular Hbond substituents is 1. The van der Waals surface area contributed by atoms with Crippen molar-refractivity contribution in [2.24, 2.45) is 0 Å². The summed E-state index contributed by atoms with van der Waals surface area (Å²) in [5, 5.41) is 42.8. The fourth-order valence-electron chi connectivity index (χ4n) is 14.7. The minimum absolute atomic E-state index is 0.0519. The van der Waals surface area contributed by atoms with Gasteiger partial charge in [0.15, 0.2) is 29.8 Å². The van der Waals surface area contributed by atoms with Gasteiger partial charge in [-0.3, -0.25) is 19.6 Å². The van der Waals surface area contributed by atoms with E-state index in [0.717, 1.165) is 89.6 Å². The first-order valence-corrected chi connectivity index (χ1v) is 30.1. The van der Waals surface area contributed by atoms with Gasteiger partial charge in [-0.2, -0.15) is 28.8 Å². The number of likely N-dealkylation sites (N-methyl/N-ethyl adjacent to an activating group) is 2. The van der Waals surface area contributed by atoms with Gasteiger partial charge in [0.1, 0.15) is 48.3 Å². The van der Waals surface area contributed by atoms with Crippen LogP contribution in [0.4, 0.5) is 0 Å². The molecule has 17 nitrogen and oxygen atoms in total. The summed E-state index contributed by atoms with van der Waals surface area (Å²) in [7, 11) is 10.2. The fourth-order valence-corrected chi connectivity index (χ4v) is 14.7. The Labute approximate surface area is 511 Å². The maximum absolute atomic E-state index is 11.4. The summed E-state index contributed by atoms with van der Waals surface area (Å²) in [5.41, 5.74) is 14.0. The van der Waals surface area contributed by atoms with Crippen LogP contribution < -0.4 is 33.2 Å². The van der Waals surface area contributed by atoms with Crippen LogP contribution in [-0.2, 0) is 30.4 Å². The van der Waals surface area contributed by atoms with Crippen LogP contribution in [-0.4, -0.2) is 157 Å². The molecule has 0 amide bonds. The summed E-state index contributed by atoms with van der Waals surface area (Å²) in [4.78, 5) is 9.08. The highest BCUT2D eigenvalue weighted by atomic mass is 32.1. The van der Waals surface area contributed by atoms with Gasteiger partial charge < -0.3 is 53.2 Å². The van der Waals surface area contributed by atoms with E-state index >= 15 is 0 Å². The molecule has 83 heavy (non-hydrogen) atoms. The molecule has 0 aliphatic carbocycles. The first kappa shape index (κ1) is 57.2. The number of rotatable bonds is 13. The summed E-state index contributed by atoms with van der Waals surface area (Å²) in [6, 6.07) is 7.22. The number of aromatic hydroxyl groups is 1. The number of methoxy groups -OCH3 is 1. The second-order valence-electron chi connectivity index (χ2n) is 22.0. The van der Waals surface area contributed by atoms with Crippen molar-refractivity contribution < 1.29 is 53.2 Å².